The number of aliphatic hydroxyl groups is 1. The number of aliphatic hydroxyl groups excluding tert-OH is 1. The van der Waals surface area contributed by atoms with E-state index in [0.717, 1.165) is 11.3 Å². The van der Waals surface area contributed by atoms with Crippen molar-refractivity contribution < 1.29 is 9.84 Å². The molecule has 3 heteroatoms. The van der Waals surface area contributed by atoms with Crippen molar-refractivity contribution in [3.63, 3.8) is 0 Å². The van der Waals surface area contributed by atoms with Gasteiger partial charge in [-0.15, -0.1) is 0 Å². The summed E-state index contributed by atoms with van der Waals surface area (Å²) in [5.41, 5.74) is 2.59. The number of hydrogen-bond acceptors (Lipinski definition) is 3. The van der Waals surface area contributed by atoms with Crippen LogP contribution in [0.1, 0.15) is 23.2 Å². The molecule has 0 saturated carbocycles. The molecular weight excluding hydrogens is 154 g/mol. The molecule has 0 aromatic carbocycles. The monoisotopic (exact) mass is 167 g/mol. The molecule has 0 aliphatic carbocycles. The summed E-state index contributed by atoms with van der Waals surface area (Å²) in [4.78, 5) is 4.17. The molecule has 1 unspecified atom stereocenters. The van der Waals surface area contributed by atoms with E-state index in [4.69, 9.17) is 4.74 Å². The van der Waals surface area contributed by atoms with Gasteiger partial charge >= 0.3 is 0 Å². The first kappa shape index (κ1) is 9.16. The van der Waals surface area contributed by atoms with Crippen LogP contribution in [0.2, 0.25) is 0 Å². The molecule has 1 aromatic rings. The molecule has 0 bridgehead atoms. The number of hydrogen-bond donors (Lipinski definition) is 1. The van der Waals surface area contributed by atoms with Gasteiger partial charge in [0, 0.05) is 12.8 Å². The first-order chi connectivity index (χ1) is 5.65. The maximum absolute atomic E-state index is 9.26. The Morgan fingerprint density at radius 2 is 2.08 bits per heavy atom. The van der Waals surface area contributed by atoms with E-state index < -0.39 is 6.29 Å². The van der Waals surface area contributed by atoms with E-state index in [1.54, 1.807) is 6.07 Å². The zero-order valence-corrected chi connectivity index (χ0v) is 7.53. The highest BCUT2D eigenvalue weighted by Crippen LogP contribution is 2.12. The Labute approximate surface area is 72.0 Å². The lowest BCUT2D eigenvalue weighted by atomic mass is 10.2. The Kier molecular flexibility index (Phi) is 2.78. The van der Waals surface area contributed by atoms with Crippen LogP contribution in [0, 0.1) is 13.8 Å². The van der Waals surface area contributed by atoms with Crippen molar-refractivity contribution in [3.8, 4) is 0 Å². The van der Waals surface area contributed by atoms with Gasteiger partial charge in [-0.25, -0.2) is 0 Å². The third-order valence-electron chi connectivity index (χ3n) is 1.85. The molecule has 0 aliphatic heterocycles. The smallest absolute Gasteiger partial charge is 0.198 e. The Balaban J connectivity index is 2.96. The van der Waals surface area contributed by atoms with E-state index in [1.807, 2.05) is 19.9 Å². The molecule has 1 N–H and O–H groups in total. The second-order valence-corrected chi connectivity index (χ2v) is 2.73. The van der Waals surface area contributed by atoms with Crippen molar-refractivity contribution in [1.82, 2.24) is 4.98 Å². The number of aromatic nitrogens is 1. The minimum atomic E-state index is -0.913. The maximum Gasteiger partial charge on any atom is 0.198 e. The van der Waals surface area contributed by atoms with Crippen molar-refractivity contribution in [2.24, 2.45) is 0 Å². The minimum Gasteiger partial charge on any atom is -0.363 e. The third kappa shape index (κ3) is 1.81. The Hall–Kier alpha value is -0.930. The molecular formula is C9H13NO2. The van der Waals surface area contributed by atoms with Gasteiger partial charge in [0.2, 0.25) is 0 Å². The predicted molar refractivity (Wildman–Crippen MR) is 45.7 cm³/mol. The summed E-state index contributed by atoms with van der Waals surface area (Å²) < 4.78 is 4.72. The van der Waals surface area contributed by atoms with Crippen LogP contribution in [0.25, 0.3) is 0 Å². The molecule has 12 heavy (non-hydrogen) atoms. The number of nitrogens with zero attached hydrogens (tertiary/aromatic N) is 1. The molecule has 0 radical (unpaired) electrons. The van der Waals surface area contributed by atoms with Gasteiger partial charge in [0.1, 0.15) is 0 Å². The number of rotatable bonds is 2. The topological polar surface area (TPSA) is 42.4 Å². The molecule has 1 heterocycles. The van der Waals surface area contributed by atoms with Crippen LogP contribution in [0.15, 0.2) is 12.1 Å². The molecule has 1 atom stereocenters. The normalized spacial score (nSPS) is 13.0. The summed E-state index contributed by atoms with van der Waals surface area (Å²) in [6.07, 6.45) is -0.913. The van der Waals surface area contributed by atoms with Gasteiger partial charge < -0.3 is 9.84 Å². The van der Waals surface area contributed by atoms with Crippen molar-refractivity contribution >= 4 is 0 Å². The quantitative estimate of drug-likeness (QED) is 0.676. The van der Waals surface area contributed by atoms with Crippen LogP contribution in [0.4, 0.5) is 0 Å². The Morgan fingerprint density at radius 1 is 1.42 bits per heavy atom. The largest absolute Gasteiger partial charge is 0.363 e. The van der Waals surface area contributed by atoms with E-state index in [0.29, 0.717) is 5.69 Å². The van der Waals surface area contributed by atoms with E-state index in [1.165, 1.54) is 7.11 Å². The van der Waals surface area contributed by atoms with E-state index >= 15 is 0 Å². The standard InChI is InChI=1S/C9H13NO2/c1-6-4-5-8(9(11)12-3)10-7(6)2/h4-5,9,11H,1-3H3. The molecule has 0 amide bonds. The average Bonchev–Trinajstić information content (AvgIpc) is 2.08. The van der Waals surface area contributed by atoms with Crippen molar-refractivity contribution in [3.05, 3.63) is 29.1 Å². The zero-order chi connectivity index (χ0) is 9.14. The lowest BCUT2D eigenvalue weighted by Gasteiger charge is -2.08. The maximum atomic E-state index is 9.26. The van der Waals surface area contributed by atoms with Crippen molar-refractivity contribution in [2.75, 3.05) is 7.11 Å². The first-order valence-electron chi connectivity index (χ1n) is 3.80. The Morgan fingerprint density at radius 3 is 2.58 bits per heavy atom. The molecule has 0 aliphatic rings. The summed E-state index contributed by atoms with van der Waals surface area (Å²) in [5, 5.41) is 9.26. The second-order valence-electron chi connectivity index (χ2n) is 2.73. The molecule has 0 saturated heterocycles. The zero-order valence-electron chi connectivity index (χ0n) is 7.53. The van der Waals surface area contributed by atoms with E-state index in [2.05, 4.69) is 4.98 Å². The predicted octanol–water partition coefficient (Wildman–Crippen LogP) is 1.34. The van der Waals surface area contributed by atoms with Crippen LogP contribution in [0.3, 0.4) is 0 Å². The van der Waals surface area contributed by atoms with Crippen LogP contribution in [0.5, 0.6) is 0 Å². The lowest BCUT2D eigenvalue weighted by Crippen LogP contribution is -2.03. The SMILES string of the molecule is COC(O)c1ccc(C)c(C)n1. The van der Waals surface area contributed by atoms with Crippen LogP contribution in [-0.4, -0.2) is 17.2 Å². The molecule has 0 fully saturated rings. The molecule has 0 spiro atoms. The minimum absolute atomic E-state index is 0.556. The Bertz CT molecular complexity index is 273. The van der Waals surface area contributed by atoms with Crippen molar-refractivity contribution in [2.45, 2.75) is 20.1 Å². The highest BCUT2D eigenvalue weighted by Gasteiger charge is 2.07. The van der Waals surface area contributed by atoms with Crippen molar-refractivity contribution in [1.29, 1.82) is 0 Å². The van der Waals surface area contributed by atoms with Gasteiger partial charge in [-0.1, -0.05) is 6.07 Å². The van der Waals surface area contributed by atoms with E-state index in [9.17, 15) is 5.11 Å². The molecule has 3 nitrogen and oxygen atoms in total. The van der Waals surface area contributed by atoms with Gasteiger partial charge in [-0.2, -0.15) is 0 Å². The van der Waals surface area contributed by atoms with Crippen LogP contribution >= 0.6 is 0 Å². The summed E-state index contributed by atoms with van der Waals surface area (Å²) in [6.45, 7) is 3.88. The fourth-order valence-corrected chi connectivity index (χ4v) is 0.908. The fourth-order valence-electron chi connectivity index (χ4n) is 0.908. The highest BCUT2D eigenvalue weighted by atomic mass is 16.6. The summed E-state index contributed by atoms with van der Waals surface area (Å²) in [7, 11) is 1.45. The fraction of sp³-hybridized carbons (Fsp3) is 0.444. The number of ether oxygens (including phenoxy) is 1. The van der Waals surface area contributed by atoms with Gasteiger partial charge in [-0.3, -0.25) is 4.98 Å². The van der Waals surface area contributed by atoms with Gasteiger partial charge in [0.15, 0.2) is 6.29 Å². The summed E-state index contributed by atoms with van der Waals surface area (Å²) in [6, 6.07) is 3.68. The third-order valence-corrected chi connectivity index (χ3v) is 1.85. The first-order valence-corrected chi connectivity index (χ1v) is 3.80. The number of pyridine rings is 1. The van der Waals surface area contributed by atoms with Gasteiger partial charge in [-0.05, 0) is 25.5 Å². The molecule has 1 aromatic heterocycles. The second kappa shape index (κ2) is 3.65. The average molecular weight is 167 g/mol. The van der Waals surface area contributed by atoms with Gasteiger partial charge in [0.25, 0.3) is 0 Å². The summed E-state index contributed by atoms with van der Waals surface area (Å²) >= 11 is 0. The number of methoxy groups -OCH3 is 1. The molecule has 1 rings (SSSR count). The number of aryl methyl sites for hydroxylation is 2. The molecule has 66 valence electrons. The van der Waals surface area contributed by atoms with Gasteiger partial charge in [0.05, 0.1) is 5.69 Å². The lowest BCUT2D eigenvalue weighted by molar-refractivity contribution is -0.0799. The van der Waals surface area contributed by atoms with E-state index in [-0.39, 0.29) is 0 Å². The van der Waals surface area contributed by atoms with Crippen LogP contribution < -0.4 is 0 Å². The highest BCUT2D eigenvalue weighted by molar-refractivity contribution is 5.20. The summed E-state index contributed by atoms with van der Waals surface area (Å²) in [5.74, 6) is 0. The van der Waals surface area contributed by atoms with Crippen LogP contribution in [-0.2, 0) is 4.74 Å².